The summed E-state index contributed by atoms with van der Waals surface area (Å²) in [5, 5.41) is 0. The molecule has 0 unspecified atom stereocenters. The highest BCUT2D eigenvalue weighted by Gasteiger charge is 2.32. The predicted molar refractivity (Wildman–Crippen MR) is 81.9 cm³/mol. The van der Waals surface area contributed by atoms with Gasteiger partial charge in [-0.15, -0.1) is 0 Å². The van der Waals surface area contributed by atoms with Gasteiger partial charge in [-0.2, -0.15) is 0 Å². The van der Waals surface area contributed by atoms with E-state index in [2.05, 4.69) is 4.90 Å². The van der Waals surface area contributed by atoms with Gasteiger partial charge in [0, 0.05) is 26.2 Å². The molecule has 3 rings (SSSR count). The summed E-state index contributed by atoms with van der Waals surface area (Å²) in [7, 11) is 0. The molecule has 0 radical (unpaired) electrons. The first-order valence-electron chi connectivity index (χ1n) is 8.15. The number of carbonyl (C=O) groups excluding carboxylic acids is 1. The maximum atomic E-state index is 13.4. The molecule has 126 valence electrons. The van der Waals surface area contributed by atoms with Crippen molar-refractivity contribution < 1.29 is 18.3 Å². The monoisotopic (exact) mass is 324 g/mol. The second-order valence-electron chi connectivity index (χ2n) is 6.24. The molecule has 0 aromatic heterocycles. The summed E-state index contributed by atoms with van der Waals surface area (Å²) in [6, 6.07) is 3.62. The second-order valence-corrected chi connectivity index (χ2v) is 6.24. The van der Waals surface area contributed by atoms with Crippen LogP contribution in [0.4, 0.5) is 8.78 Å². The first kappa shape index (κ1) is 16.3. The summed E-state index contributed by atoms with van der Waals surface area (Å²) in [5.74, 6) is -1.59. The SMILES string of the molecule is C[C@H](C(=O)N1CCCC1)N1CCO[C@@H](c2ccc(F)c(F)c2)C1. The predicted octanol–water partition coefficient (Wildman–Crippen LogP) is 2.35. The Morgan fingerprint density at radius 2 is 1.96 bits per heavy atom. The Balaban J connectivity index is 1.67. The summed E-state index contributed by atoms with van der Waals surface area (Å²) in [5.41, 5.74) is 0.606. The van der Waals surface area contributed by atoms with Gasteiger partial charge in [-0.25, -0.2) is 8.78 Å². The highest BCUT2D eigenvalue weighted by atomic mass is 19.2. The van der Waals surface area contributed by atoms with Crippen LogP contribution in [0.3, 0.4) is 0 Å². The Labute approximate surface area is 135 Å². The number of morpholine rings is 1. The van der Waals surface area contributed by atoms with E-state index >= 15 is 0 Å². The van der Waals surface area contributed by atoms with Crippen LogP contribution in [0.15, 0.2) is 18.2 Å². The molecule has 2 aliphatic rings. The molecule has 1 aromatic rings. The lowest BCUT2D eigenvalue weighted by Crippen LogP contribution is -2.50. The number of likely N-dealkylation sites (tertiary alicyclic amines) is 1. The summed E-state index contributed by atoms with van der Waals surface area (Å²) in [6.07, 6.45) is 1.80. The highest BCUT2D eigenvalue weighted by Crippen LogP contribution is 2.25. The molecule has 1 amide bonds. The van der Waals surface area contributed by atoms with Crippen LogP contribution in [-0.4, -0.2) is 54.5 Å². The molecule has 2 heterocycles. The zero-order chi connectivity index (χ0) is 16.4. The van der Waals surface area contributed by atoms with E-state index in [1.54, 1.807) is 6.07 Å². The van der Waals surface area contributed by atoms with Crippen molar-refractivity contribution in [3.05, 3.63) is 35.4 Å². The maximum Gasteiger partial charge on any atom is 0.239 e. The molecule has 0 spiro atoms. The van der Waals surface area contributed by atoms with Crippen molar-refractivity contribution in [2.24, 2.45) is 0 Å². The van der Waals surface area contributed by atoms with Crippen LogP contribution >= 0.6 is 0 Å². The summed E-state index contributed by atoms with van der Waals surface area (Å²) < 4.78 is 32.2. The molecule has 6 heteroatoms. The van der Waals surface area contributed by atoms with Gasteiger partial charge in [0.05, 0.1) is 18.8 Å². The van der Waals surface area contributed by atoms with E-state index in [4.69, 9.17) is 4.74 Å². The topological polar surface area (TPSA) is 32.8 Å². The van der Waals surface area contributed by atoms with Crippen molar-refractivity contribution in [1.82, 2.24) is 9.80 Å². The van der Waals surface area contributed by atoms with Crippen molar-refractivity contribution in [3.8, 4) is 0 Å². The number of nitrogens with zero attached hydrogens (tertiary/aromatic N) is 2. The van der Waals surface area contributed by atoms with E-state index in [9.17, 15) is 13.6 Å². The molecule has 0 saturated carbocycles. The number of amides is 1. The van der Waals surface area contributed by atoms with Gasteiger partial charge < -0.3 is 9.64 Å². The average molecular weight is 324 g/mol. The number of halogens is 2. The van der Waals surface area contributed by atoms with Crippen LogP contribution < -0.4 is 0 Å². The van der Waals surface area contributed by atoms with E-state index in [0.29, 0.717) is 25.3 Å². The fourth-order valence-electron chi connectivity index (χ4n) is 3.29. The van der Waals surface area contributed by atoms with Crippen LogP contribution in [0.2, 0.25) is 0 Å². The molecule has 0 N–H and O–H groups in total. The minimum atomic E-state index is -0.871. The lowest BCUT2D eigenvalue weighted by atomic mass is 10.1. The number of carbonyl (C=O) groups is 1. The van der Waals surface area contributed by atoms with E-state index in [1.807, 2.05) is 11.8 Å². The number of benzene rings is 1. The quantitative estimate of drug-likeness (QED) is 0.856. The molecule has 0 aliphatic carbocycles. The lowest BCUT2D eigenvalue weighted by molar-refractivity contribution is -0.138. The third-order valence-electron chi connectivity index (χ3n) is 4.74. The summed E-state index contributed by atoms with van der Waals surface area (Å²) in [6.45, 7) is 5.22. The zero-order valence-electron chi connectivity index (χ0n) is 13.3. The van der Waals surface area contributed by atoms with Crippen LogP contribution in [0.25, 0.3) is 0 Å². The van der Waals surface area contributed by atoms with Gasteiger partial charge in [0.25, 0.3) is 0 Å². The fourth-order valence-corrected chi connectivity index (χ4v) is 3.29. The van der Waals surface area contributed by atoms with Gasteiger partial charge in [-0.3, -0.25) is 9.69 Å². The molecule has 2 saturated heterocycles. The van der Waals surface area contributed by atoms with Gasteiger partial charge in [0.2, 0.25) is 5.91 Å². The summed E-state index contributed by atoms with van der Waals surface area (Å²) in [4.78, 5) is 16.5. The van der Waals surface area contributed by atoms with Crippen molar-refractivity contribution in [2.45, 2.75) is 31.9 Å². The first-order valence-corrected chi connectivity index (χ1v) is 8.15. The maximum absolute atomic E-state index is 13.4. The largest absolute Gasteiger partial charge is 0.371 e. The van der Waals surface area contributed by atoms with E-state index < -0.39 is 11.6 Å². The molecule has 2 atom stereocenters. The van der Waals surface area contributed by atoms with Gasteiger partial charge in [0.1, 0.15) is 0 Å². The first-order chi connectivity index (χ1) is 11.1. The van der Waals surface area contributed by atoms with Crippen LogP contribution in [0.1, 0.15) is 31.4 Å². The van der Waals surface area contributed by atoms with Crippen LogP contribution in [0.5, 0.6) is 0 Å². The number of ether oxygens (including phenoxy) is 1. The Hall–Kier alpha value is -1.53. The average Bonchev–Trinajstić information content (AvgIpc) is 3.10. The second kappa shape index (κ2) is 6.93. The molecular formula is C17H22F2N2O2. The number of hydrogen-bond donors (Lipinski definition) is 0. The molecule has 2 fully saturated rings. The Morgan fingerprint density at radius 1 is 1.22 bits per heavy atom. The van der Waals surface area contributed by atoms with Crippen LogP contribution in [-0.2, 0) is 9.53 Å². The molecular weight excluding hydrogens is 302 g/mol. The molecule has 2 aliphatic heterocycles. The smallest absolute Gasteiger partial charge is 0.239 e. The van der Waals surface area contributed by atoms with Gasteiger partial charge in [0.15, 0.2) is 11.6 Å². The van der Waals surface area contributed by atoms with Crippen molar-refractivity contribution in [2.75, 3.05) is 32.8 Å². The lowest BCUT2D eigenvalue weighted by Gasteiger charge is -2.37. The number of rotatable bonds is 3. The normalized spacial score (nSPS) is 24.0. The molecule has 1 aromatic carbocycles. The Kier molecular flexibility index (Phi) is 4.92. The molecule has 4 nitrogen and oxygen atoms in total. The molecule has 0 bridgehead atoms. The minimum absolute atomic E-state index is 0.147. The zero-order valence-corrected chi connectivity index (χ0v) is 13.3. The molecule has 23 heavy (non-hydrogen) atoms. The summed E-state index contributed by atoms with van der Waals surface area (Å²) >= 11 is 0. The third-order valence-corrected chi connectivity index (χ3v) is 4.74. The standard InChI is InChI=1S/C17H22F2N2O2/c1-12(17(22)20-6-2-3-7-20)21-8-9-23-16(11-21)13-4-5-14(18)15(19)10-13/h4-5,10,12,16H,2-3,6-9,11H2,1H3/t12-,16-/m1/s1. The Bertz CT molecular complexity index is 576. The van der Waals surface area contributed by atoms with E-state index in [-0.39, 0.29) is 18.1 Å². The third kappa shape index (κ3) is 3.53. The van der Waals surface area contributed by atoms with Gasteiger partial charge in [-0.05, 0) is 37.5 Å². The van der Waals surface area contributed by atoms with Crippen LogP contribution in [0, 0.1) is 11.6 Å². The minimum Gasteiger partial charge on any atom is -0.371 e. The highest BCUT2D eigenvalue weighted by molar-refractivity contribution is 5.81. The van der Waals surface area contributed by atoms with E-state index in [1.165, 1.54) is 6.07 Å². The number of hydrogen-bond acceptors (Lipinski definition) is 3. The van der Waals surface area contributed by atoms with Crippen molar-refractivity contribution in [3.63, 3.8) is 0 Å². The van der Waals surface area contributed by atoms with Gasteiger partial charge >= 0.3 is 0 Å². The van der Waals surface area contributed by atoms with Crippen molar-refractivity contribution in [1.29, 1.82) is 0 Å². The fraction of sp³-hybridized carbons (Fsp3) is 0.588. The van der Waals surface area contributed by atoms with Crippen molar-refractivity contribution >= 4 is 5.91 Å². The van der Waals surface area contributed by atoms with Gasteiger partial charge in [-0.1, -0.05) is 6.07 Å². The van der Waals surface area contributed by atoms with E-state index in [0.717, 1.165) is 32.0 Å². The Morgan fingerprint density at radius 3 is 2.65 bits per heavy atom.